The van der Waals surface area contributed by atoms with Crippen LogP contribution in [-0.4, -0.2) is 0 Å². The molecule has 12 heteroatoms. The Labute approximate surface area is 605 Å². The van der Waals surface area contributed by atoms with Crippen LogP contribution in [0, 0.1) is 87.0 Å². The van der Waals surface area contributed by atoms with Crippen LogP contribution >= 0.6 is 39.1 Å². The number of benzene rings is 8. The van der Waals surface area contributed by atoms with E-state index in [2.05, 4.69) is 82.6 Å². The lowest BCUT2D eigenvalue weighted by molar-refractivity contribution is 0.423. The molecule has 0 aliphatic rings. The molecule has 0 unspecified atom stereocenters. The van der Waals surface area contributed by atoms with Gasteiger partial charge >= 0.3 is 0 Å². The summed E-state index contributed by atoms with van der Waals surface area (Å²) in [5.74, 6) is -4.70. The average molecular weight is 1470 g/mol. The molecule has 0 fully saturated rings. The summed E-state index contributed by atoms with van der Waals surface area (Å²) in [4.78, 5) is 0. The third-order valence-corrected chi connectivity index (χ3v) is 16.2. The van der Waals surface area contributed by atoms with Crippen LogP contribution in [0.1, 0.15) is 246 Å². The smallest absolute Gasteiger partial charge is 0.194 e. The van der Waals surface area contributed by atoms with Crippen molar-refractivity contribution in [2.24, 2.45) is 0 Å². The Morgan fingerprint density at radius 2 is 0.551 bits per heavy atom. The number of hydrogen-bond acceptors (Lipinski definition) is 0. The predicted octanol–water partition coefficient (Wildman–Crippen LogP) is 29.4. The second kappa shape index (κ2) is 37.7. The number of hydrogen-bond donors (Lipinski definition) is 0. The van der Waals surface area contributed by atoms with Gasteiger partial charge in [0.2, 0.25) is 0 Å². The monoisotopic (exact) mass is 1470 g/mol. The zero-order valence-electron chi connectivity index (χ0n) is 63.3. The summed E-state index contributed by atoms with van der Waals surface area (Å²) in [7, 11) is 0. The van der Waals surface area contributed by atoms with Crippen molar-refractivity contribution in [1.29, 1.82) is 0 Å². The molecule has 0 heterocycles. The van der Waals surface area contributed by atoms with E-state index in [9.17, 15) is 39.5 Å². The Bertz CT molecular complexity index is 3550. The lowest BCUT2D eigenvalue weighted by Crippen LogP contribution is -2.15. The molecule has 542 valence electrons. The van der Waals surface area contributed by atoms with E-state index in [1.54, 1.807) is 52.0 Å². The molecule has 0 saturated carbocycles. The first-order valence-electron chi connectivity index (χ1n) is 32.6. The van der Waals surface area contributed by atoms with E-state index in [1.165, 1.54) is 41.0 Å². The van der Waals surface area contributed by atoms with E-state index in [0.717, 1.165) is 59.5 Å². The molecular weight excluding hydrogens is 1350 g/mol. The van der Waals surface area contributed by atoms with Crippen molar-refractivity contribution in [3.05, 3.63) is 279 Å². The summed E-state index contributed by atoms with van der Waals surface area (Å²) < 4.78 is 119. The minimum atomic E-state index is -1.40. The van der Waals surface area contributed by atoms with Crippen LogP contribution in [0.5, 0.6) is 0 Å². The summed E-state index contributed by atoms with van der Waals surface area (Å²) in [5.41, 5.74) is 9.63. The highest BCUT2D eigenvalue weighted by Crippen LogP contribution is 2.34. The second-order valence-electron chi connectivity index (χ2n) is 32.8. The summed E-state index contributed by atoms with van der Waals surface area (Å²) >= 11 is 15.6. The van der Waals surface area contributed by atoms with E-state index in [-0.39, 0.29) is 85.8 Å². The lowest BCUT2D eigenvalue weighted by Gasteiger charge is -2.20. The molecule has 0 aliphatic carbocycles. The fourth-order valence-electron chi connectivity index (χ4n) is 9.38. The minimum Gasteiger partial charge on any atom is -0.207 e. The highest BCUT2D eigenvalue weighted by molar-refractivity contribution is 9.10. The van der Waals surface area contributed by atoms with Gasteiger partial charge in [-0.1, -0.05) is 286 Å². The van der Waals surface area contributed by atoms with Crippen LogP contribution in [0.4, 0.5) is 39.5 Å². The van der Waals surface area contributed by atoms with Crippen LogP contribution < -0.4 is 0 Å². The van der Waals surface area contributed by atoms with Gasteiger partial charge in [0.25, 0.3) is 0 Å². The fraction of sp³-hybridized carbons (Fsp3) is 0.442. The molecule has 0 radical (unpaired) electrons. The van der Waals surface area contributed by atoms with Gasteiger partial charge < -0.3 is 0 Å². The predicted molar refractivity (Wildman–Crippen MR) is 409 cm³/mol. The molecule has 8 aromatic carbocycles. The molecule has 0 N–H and O–H groups in total. The van der Waals surface area contributed by atoms with Crippen molar-refractivity contribution in [3.63, 3.8) is 0 Å². The molecule has 0 nitrogen and oxygen atoms in total. The van der Waals surface area contributed by atoms with E-state index in [0.29, 0.717) is 11.1 Å². The van der Waals surface area contributed by atoms with Crippen LogP contribution in [-0.2, 0) is 43.3 Å². The molecule has 8 rings (SSSR count). The topological polar surface area (TPSA) is 0 Å². The summed E-state index contributed by atoms with van der Waals surface area (Å²) in [5, 5.41) is 1.72. The maximum atomic E-state index is 13.4. The Balaban J connectivity index is 0.00000110. The zero-order valence-corrected chi connectivity index (χ0v) is 66.4. The standard InChI is InChI=1S/C11H15Cl.C11H14F2.3C11H15F.C10H12BrCl.C10H11F3.C10H13F.CH4/c1-8-5-6-9(10(12)7-8)11(2,3)4;1-7-5-10(13)8(6-9(7)12)11(2,3)4;3*1-8-5-6-9(10(12)7-8)11(2,3)4;1-10(2,3)8-6-7(11)4-5-9(8)12;1-10(2,3)6-4-5-7(11)9(13)8(6)12;1-10(2,3)8-6-4-5-7-9(8)11;/h5-7H,1-4H3;5-6H,1-4H3;3*5-7H,1-4H3;4-6H,1-3H3;4-5H,1-3H3;4-7H,1-3H3;1H4. The maximum absolute atomic E-state index is 13.4. The van der Waals surface area contributed by atoms with Crippen molar-refractivity contribution in [3.8, 4) is 0 Å². The van der Waals surface area contributed by atoms with Crippen molar-refractivity contribution < 1.29 is 39.5 Å². The van der Waals surface area contributed by atoms with Gasteiger partial charge in [0.1, 0.15) is 34.9 Å². The van der Waals surface area contributed by atoms with Crippen LogP contribution in [0.3, 0.4) is 0 Å². The minimum absolute atomic E-state index is 0. The van der Waals surface area contributed by atoms with Crippen molar-refractivity contribution in [1.82, 2.24) is 0 Å². The van der Waals surface area contributed by atoms with Gasteiger partial charge in [-0.05, 0) is 217 Å². The molecule has 0 aromatic heterocycles. The third-order valence-electron chi connectivity index (χ3n) is 15.0. The molecule has 0 spiro atoms. The van der Waals surface area contributed by atoms with Gasteiger partial charge in [-0.25, -0.2) is 39.5 Å². The van der Waals surface area contributed by atoms with Gasteiger partial charge in [-0.15, -0.1) is 0 Å². The van der Waals surface area contributed by atoms with Crippen LogP contribution in [0.15, 0.2) is 144 Å². The van der Waals surface area contributed by atoms with Gasteiger partial charge in [0, 0.05) is 14.5 Å². The van der Waals surface area contributed by atoms with E-state index in [1.807, 2.05) is 191 Å². The zero-order chi connectivity index (χ0) is 75.7. The van der Waals surface area contributed by atoms with Gasteiger partial charge in [0.15, 0.2) is 17.5 Å². The molecule has 0 atom stereocenters. The third kappa shape index (κ3) is 31.4. The largest absolute Gasteiger partial charge is 0.207 e. The van der Waals surface area contributed by atoms with Crippen molar-refractivity contribution >= 4 is 39.1 Å². The molecule has 8 aromatic rings. The quantitative estimate of drug-likeness (QED) is 0.105. The lowest BCUT2D eigenvalue weighted by atomic mass is 9.86. The number of aryl methyl sites for hydroxylation is 5. The van der Waals surface area contributed by atoms with Crippen LogP contribution in [0.2, 0.25) is 10.0 Å². The number of rotatable bonds is 0. The summed E-state index contributed by atoms with van der Waals surface area (Å²) in [6, 6.07) is 40.0. The van der Waals surface area contributed by atoms with Gasteiger partial charge in [0.05, 0.1) is 0 Å². The molecule has 0 aliphatic heterocycles. The normalized spacial score (nSPS) is 11.6. The van der Waals surface area contributed by atoms with E-state index < -0.39 is 22.9 Å². The average Bonchev–Trinajstić information content (AvgIpc) is 0.845. The molecule has 0 bridgehead atoms. The van der Waals surface area contributed by atoms with Crippen LogP contribution in [0.25, 0.3) is 0 Å². The molecular formula is C86H114BrCl2F9. The molecule has 0 amide bonds. The van der Waals surface area contributed by atoms with Crippen molar-refractivity contribution in [2.45, 2.75) is 252 Å². The Kier molecular flexibility index (Phi) is 35.5. The Morgan fingerprint density at radius 1 is 0.245 bits per heavy atom. The Morgan fingerprint density at radius 3 is 0.857 bits per heavy atom. The van der Waals surface area contributed by atoms with Gasteiger partial charge in [-0.3, -0.25) is 0 Å². The second-order valence-corrected chi connectivity index (χ2v) is 34.6. The first-order chi connectivity index (χ1) is 43.7. The highest BCUT2D eigenvalue weighted by atomic mass is 79.9. The number of halogens is 12. The highest BCUT2D eigenvalue weighted by Gasteiger charge is 2.25. The SMILES string of the molecule is C.CC(C)(C)c1cc(Br)ccc1Cl.CC(C)(C)c1ccc(F)c(F)c1F.CC(C)(C)c1ccccc1F.Cc1cc(F)c(C(C)(C)C)cc1F.Cc1ccc(C(C)(C)C)c(Cl)c1.Cc1ccc(C(C)(C)C)c(F)c1.Cc1ccc(C(C)(C)C)c(F)c1.Cc1ccc(C(C)(C)C)c(F)c1. The first-order valence-corrected chi connectivity index (χ1v) is 34.1. The van der Waals surface area contributed by atoms with Gasteiger partial charge in [-0.2, -0.15) is 0 Å². The van der Waals surface area contributed by atoms with E-state index >= 15 is 0 Å². The maximum Gasteiger partial charge on any atom is 0.194 e. The van der Waals surface area contributed by atoms with E-state index in [4.69, 9.17) is 23.2 Å². The Hall–Kier alpha value is -5.81. The first kappa shape index (κ1) is 92.2. The summed E-state index contributed by atoms with van der Waals surface area (Å²) in [6.45, 7) is 57.2. The summed E-state index contributed by atoms with van der Waals surface area (Å²) in [6.07, 6.45) is 0. The fourth-order valence-corrected chi connectivity index (χ4v) is 10.7. The molecule has 98 heavy (non-hydrogen) atoms. The molecule has 0 saturated heterocycles. The van der Waals surface area contributed by atoms with Crippen molar-refractivity contribution in [2.75, 3.05) is 0 Å².